The summed E-state index contributed by atoms with van der Waals surface area (Å²) in [5.41, 5.74) is 1.69. The lowest BCUT2D eigenvalue weighted by Crippen LogP contribution is -2.33. The lowest BCUT2D eigenvalue weighted by molar-refractivity contribution is -0.116. The van der Waals surface area contributed by atoms with Crippen LogP contribution < -0.4 is 14.9 Å². The van der Waals surface area contributed by atoms with Gasteiger partial charge in [0.05, 0.1) is 11.5 Å². The smallest absolute Gasteiger partial charge is 0.240 e. The Morgan fingerprint density at radius 3 is 2.71 bits per heavy atom. The second kappa shape index (κ2) is 9.33. The Morgan fingerprint density at radius 1 is 1.29 bits per heavy atom. The lowest BCUT2D eigenvalue weighted by atomic mass is 10.2. The van der Waals surface area contributed by atoms with Crippen LogP contribution in [0.2, 0.25) is 0 Å². The van der Waals surface area contributed by atoms with Gasteiger partial charge >= 0.3 is 0 Å². The van der Waals surface area contributed by atoms with E-state index in [9.17, 15) is 13.2 Å². The zero-order chi connectivity index (χ0) is 16.9. The van der Waals surface area contributed by atoms with Gasteiger partial charge in [0.2, 0.25) is 15.9 Å². The second-order valence-corrected chi connectivity index (χ2v) is 7.12. The molecule has 9 heteroatoms. The standard InChI is InChI=1S/C15H23N3O4S.ClH/c1-12(19)18-9-5-13-3-4-14(11-15(13)18)23(20,21)17-7-6-16-8-10-22-2;/h3-4,11,16-17H,5-10H2,1-2H3;1H. The number of fused-ring (bicyclic) bond motifs is 1. The highest BCUT2D eigenvalue weighted by atomic mass is 35.5. The number of carbonyl (C=O) groups excluding carboxylic acids is 1. The molecule has 0 aliphatic carbocycles. The number of halogens is 1. The summed E-state index contributed by atoms with van der Waals surface area (Å²) < 4.78 is 32.1. The molecule has 1 aromatic rings. The molecule has 0 fully saturated rings. The Kier molecular flexibility index (Phi) is 8.11. The van der Waals surface area contributed by atoms with E-state index in [2.05, 4.69) is 10.0 Å². The fourth-order valence-electron chi connectivity index (χ4n) is 2.51. The summed E-state index contributed by atoms with van der Waals surface area (Å²) in [6, 6.07) is 4.94. The van der Waals surface area contributed by atoms with E-state index in [1.807, 2.05) is 0 Å². The highest BCUT2D eigenvalue weighted by molar-refractivity contribution is 7.89. The summed E-state index contributed by atoms with van der Waals surface area (Å²) >= 11 is 0. The molecule has 0 atom stereocenters. The zero-order valence-electron chi connectivity index (χ0n) is 13.9. The van der Waals surface area contributed by atoms with Gasteiger partial charge in [-0.3, -0.25) is 4.79 Å². The highest BCUT2D eigenvalue weighted by Crippen LogP contribution is 2.30. The van der Waals surface area contributed by atoms with Crippen LogP contribution in [-0.4, -0.2) is 54.2 Å². The van der Waals surface area contributed by atoms with Crippen molar-refractivity contribution in [3.05, 3.63) is 23.8 Å². The molecule has 2 rings (SSSR count). The minimum atomic E-state index is -3.58. The maximum Gasteiger partial charge on any atom is 0.240 e. The van der Waals surface area contributed by atoms with E-state index in [4.69, 9.17) is 4.74 Å². The summed E-state index contributed by atoms with van der Waals surface area (Å²) in [4.78, 5) is 13.4. The first-order valence-corrected chi connectivity index (χ1v) is 9.04. The number of sulfonamides is 1. The number of hydrogen-bond acceptors (Lipinski definition) is 5. The van der Waals surface area contributed by atoms with E-state index in [-0.39, 0.29) is 23.2 Å². The van der Waals surface area contributed by atoms with Crippen LogP contribution in [0.3, 0.4) is 0 Å². The van der Waals surface area contributed by atoms with Crippen LogP contribution in [0.15, 0.2) is 23.1 Å². The van der Waals surface area contributed by atoms with E-state index < -0.39 is 10.0 Å². The fourth-order valence-corrected chi connectivity index (χ4v) is 3.56. The Labute approximate surface area is 149 Å². The molecule has 136 valence electrons. The van der Waals surface area contributed by atoms with Crippen LogP contribution >= 0.6 is 12.4 Å². The monoisotopic (exact) mass is 377 g/mol. The average Bonchev–Trinajstić information content (AvgIpc) is 2.94. The third-order valence-electron chi connectivity index (χ3n) is 3.72. The molecular formula is C15H24ClN3O4S. The van der Waals surface area contributed by atoms with Crippen molar-refractivity contribution in [2.75, 3.05) is 44.8 Å². The van der Waals surface area contributed by atoms with Gasteiger partial charge in [0, 0.05) is 45.9 Å². The average molecular weight is 378 g/mol. The Hall–Kier alpha value is -1.19. The number of anilines is 1. The predicted octanol–water partition coefficient (Wildman–Crippen LogP) is 0.532. The Bertz CT molecular complexity index is 667. The molecule has 1 aromatic carbocycles. The van der Waals surface area contributed by atoms with Gasteiger partial charge in [-0.05, 0) is 24.1 Å². The first-order valence-electron chi connectivity index (χ1n) is 7.56. The third-order valence-corrected chi connectivity index (χ3v) is 5.18. The normalized spacial score (nSPS) is 13.5. The van der Waals surface area contributed by atoms with Gasteiger partial charge in [-0.25, -0.2) is 13.1 Å². The van der Waals surface area contributed by atoms with Gasteiger partial charge in [0.15, 0.2) is 0 Å². The molecule has 0 spiro atoms. The van der Waals surface area contributed by atoms with E-state index >= 15 is 0 Å². The molecule has 7 nitrogen and oxygen atoms in total. The Morgan fingerprint density at radius 2 is 2.04 bits per heavy atom. The van der Waals surface area contributed by atoms with Crippen LogP contribution in [0, 0.1) is 0 Å². The number of hydrogen-bond donors (Lipinski definition) is 2. The molecule has 0 aromatic heterocycles. The van der Waals surface area contributed by atoms with E-state index in [1.165, 1.54) is 6.92 Å². The third kappa shape index (κ3) is 5.15. The quantitative estimate of drug-likeness (QED) is 0.645. The first kappa shape index (κ1) is 20.9. The highest BCUT2D eigenvalue weighted by Gasteiger charge is 2.24. The summed E-state index contributed by atoms with van der Waals surface area (Å²) in [5.74, 6) is -0.0754. The van der Waals surface area contributed by atoms with Crippen molar-refractivity contribution in [2.45, 2.75) is 18.2 Å². The number of methoxy groups -OCH3 is 1. The summed E-state index contributed by atoms with van der Waals surface area (Å²) in [5, 5.41) is 3.07. The van der Waals surface area contributed by atoms with Crippen LogP contribution in [0.4, 0.5) is 5.69 Å². The van der Waals surface area contributed by atoms with Crippen LogP contribution in [0.1, 0.15) is 12.5 Å². The van der Waals surface area contributed by atoms with Crippen molar-refractivity contribution < 1.29 is 17.9 Å². The number of ether oxygens (including phenoxy) is 1. The molecular weight excluding hydrogens is 354 g/mol. The summed E-state index contributed by atoms with van der Waals surface area (Å²) in [6.45, 7) is 4.15. The van der Waals surface area contributed by atoms with Gasteiger partial charge in [0.25, 0.3) is 0 Å². The van der Waals surface area contributed by atoms with E-state index in [0.29, 0.717) is 38.5 Å². The van der Waals surface area contributed by atoms with E-state index in [1.54, 1.807) is 30.2 Å². The topological polar surface area (TPSA) is 87.7 Å². The molecule has 0 radical (unpaired) electrons. The van der Waals surface area contributed by atoms with Crippen LogP contribution in [-0.2, 0) is 26.0 Å². The molecule has 1 amide bonds. The number of rotatable bonds is 8. The van der Waals surface area contributed by atoms with Gasteiger partial charge < -0.3 is 15.0 Å². The molecule has 1 heterocycles. The van der Waals surface area contributed by atoms with Crippen LogP contribution in [0.5, 0.6) is 0 Å². The summed E-state index contributed by atoms with van der Waals surface area (Å²) in [7, 11) is -1.97. The number of nitrogens with one attached hydrogen (secondary N) is 2. The van der Waals surface area contributed by atoms with Crippen molar-refractivity contribution in [2.24, 2.45) is 0 Å². The molecule has 1 aliphatic rings. The summed E-state index contributed by atoms with van der Waals surface area (Å²) in [6.07, 6.45) is 0.756. The number of carbonyl (C=O) groups is 1. The molecule has 24 heavy (non-hydrogen) atoms. The molecule has 0 saturated carbocycles. The van der Waals surface area contributed by atoms with Gasteiger partial charge in [0.1, 0.15) is 0 Å². The SMILES string of the molecule is COCCNCCNS(=O)(=O)c1ccc2c(c1)N(C(C)=O)CC2.Cl. The zero-order valence-corrected chi connectivity index (χ0v) is 15.5. The first-order chi connectivity index (χ1) is 11.0. The van der Waals surface area contributed by atoms with Crippen LogP contribution in [0.25, 0.3) is 0 Å². The van der Waals surface area contributed by atoms with Gasteiger partial charge in [-0.2, -0.15) is 0 Å². The number of amides is 1. The second-order valence-electron chi connectivity index (χ2n) is 5.35. The van der Waals surface area contributed by atoms with Gasteiger partial charge in [-0.15, -0.1) is 12.4 Å². The lowest BCUT2D eigenvalue weighted by Gasteiger charge is -2.16. The van der Waals surface area contributed by atoms with Crippen molar-refractivity contribution >= 4 is 34.0 Å². The van der Waals surface area contributed by atoms with Crippen molar-refractivity contribution in [3.63, 3.8) is 0 Å². The van der Waals surface area contributed by atoms with Crippen molar-refractivity contribution in [3.8, 4) is 0 Å². The molecule has 0 saturated heterocycles. The predicted molar refractivity (Wildman–Crippen MR) is 95.4 cm³/mol. The fraction of sp³-hybridized carbons (Fsp3) is 0.533. The largest absolute Gasteiger partial charge is 0.383 e. The minimum Gasteiger partial charge on any atom is -0.383 e. The molecule has 0 unspecified atom stereocenters. The maximum absolute atomic E-state index is 12.3. The van der Waals surface area contributed by atoms with Crippen molar-refractivity contribution in [1.82, 2.24) is 10.0 Å². The van der Waals surface area contributed by atoms with Gasteiger partial charge in [-0.1, -0.05) is 6.07 Å². The number of nitrogens with zero attached hydrogens (tertiary/aromatic N) is 1. The Balaban J connectivity index is 0.00000288. The maximum atomic E-state index is 12.3. The molecule has 1 aliphatic heterocycles. The van der Waals surface area contributed by atoms with E-state index in [0.717, 1.165) is 12.0 Å². The van der Waals surface area contributed by atoms with Crippen molar-refractivity contribution in [1.29, 1.82) is 0 Å². The minimum absolute atomic E-state index is 0. The number of benzene rings is 1. The molecule has 2 N–H and O–H groups in total. The molecule has 0 bridgehead atoms.